The van der Waals surface area contributed by atoms with E-state index in [1.165, 1.54) is 42.5 Å². The van der Waals surface area contributed by atoms with Gasteiger partial charge in [-0.05, 0) is 41.5 Å². The molecule has 4 nitrogen and oxygen atoms in total. The van der Waals surface area contributed by atoms with Crippen molar-refractivity contribution in [3.8, 4) is 6.07 Å². The van der Waals surface area contributed by atoms with Gasteiger partial charge in [-0.2, -0.15) is 18.4 Å². The van der Waals surface area contributed by atoms with Gasteiger partial charge in [-0.25, -0.2) is 0 Å². The van der Waals surface area contributed by atoms with E-state index in [9.17, 15) is 28.5 Å². The number of hydrogen-bond donors (Lipinski definition) is 0. The van der Waals surface area contributed by atoms with Crippen molar-refractivity contribution in [2.75, 3.05) is 0 Å². The second kappa shape index (κ2) is 6.32. The minimum Gasteiger partial charge on any atom is -0.258 e. The van der Waals surface area contributed by atoms with Gasteiger partial charge in [0.15, 0.2) is 0 Å². The molecule has 0 aliphatic carbocycles. The van der Waals surface area contributed by atoms with Crippen molar-refractivity contribution < 1.29 is 18.1 Å². The fraction of sp³-hybridized carbons (Fsp3) is 0.0625. The summed E-state index contributed by atoms with van der Waals surface area (Å²) in [6.45, 7) is 0. The Balaban J connectivity index is 2.39. The molecule has 2 aromatic carbocycles. The van der Waals surface area contributed by atoms with Gasteiger partial charge in [-0.3, -0.25) is 10.1 Å². The summed E-state index contributed by atoms with van der Waals surface area (Å²) in [5.41, 5.74) is -0.234. The van der Waals surface area contributed by atoms with Crippen LogP contribution in [0.3, 0.4) is 0 Å². The molecule has 0 saturated heterocycles. The summed E-state index contributed by atoms with van der Waals surface area (Å²) in [4.78, 5) is 10.0. The Labute approximate surface area is 129 Å². The zero-order chi connectivity index (χ0) is 17.0. The number of alkyl halides is 3. The van der Waals surface area contributed by atoms with E-state index >= 15 is 0 Å². The largest absolute Gasteiger partial charge is 0.416 e. The standard InChI is InChI=1S/C16H9F3N2O2/c17-16(18,19)14-3-1-2-11(9-14)8-13(10-20)12-4-6-15(7-5-12)21(22)23/h1-9H/b13-8+. The van der Waals surface area contributed by atoms with Gasteiger partial charge < -0.3 is 0 Å². The predicted octanol–water partition coefficient (Wildman–Crippen LogP) is 4.68. The number of benzene rings is 2. The van der Waals surface area contributed by atoms with Crippen molar-refractivity contribution in [1.29, 1.82) is 5.26 Å². The van der Waals surface area contributed by atoms with Gasteiger partial charge in [0, 0.05) is 12.1 Å². The first-order valence-corrected chi connectivity index (χ1v) is 6.35. The van der Waals surface area contributed by atoms with Crippen LogP contribution in [-0.4, -0.2) is 4.92 Å². The highest BCUT2D eigenvalue weighted by Gasteiger charge is 2.30. The fourth-order valence-corrected chi connectivity index (χ4v) is 1.91. The summed E-state index contributed by atoms with van der Waals surface area (Å²) < 4.78 is 38.0. The van der Waals surface area contributed by atoms with Crippen molar-refractivity contribution in [3.63, 3.8) is 0 Å². The van der Waals surface area contributed by atoms with E-state index < -0.39 is 16.7 Å². The highest BCUT2D eigenvalue weighted by molar-refractivity contribution is 5.89. The molecule has 0 heterocycles. The molecule has 7 heteroatoms. The third-order valence-electron chi connectivity index (χ3n) is 3.03. The van der Waals surface area contributed by atoms with E-state index in [1.54, 1.807) is 0 Å². The van der Waals surface area contributed by atoms with E-state index in [0.29, 0.717) is 5.56 Å². The van der Waals surface area contributed by atoms with E-state index in [4.69, 9.17) is 0 Å². The van der Waals surface area contributed by atoms with Crippen molar-refractivity contribution in [1.82, 2.24) is 0 Å². The lowest BCUT2D eigenvalue weighted by Gasteiger charge is -2.07. The molecule has 2 aromatic rings. The highest BCUT2D eigenvalue weighted by Crippen LogP contribution is 2.30. The van der Waals surface area contributed by atoms with E-state index in [2.05, 4.69) is 0 Å². The lowest BCUT2D eigenvalue weighted by molar-refractivity contribution is -0.384. The number of nitro benzene ring substituents is 1. The molecule has 116 valence electrons. The number of nitrogens with zero attached hydrogens (tertiary/aromatic N) is 2. The van der Waals surface area contributed by atoms with Gasteiger partial charge in [0.05, 0.1) is 22.1 Å². The van der Waals surface area contributed by atoms with Crippen LogP contribution >= 0.6 is 0 Å². The first kappa shape index (κ1) is 16.2. The lowest BCUT2D eigenvalue weighted by atomic mass is 10.0. The van der Waals surface area contributed by atoms with Crippen LogP contribution in [-0.2, 0) is 6.18 Å². The number of halogens is 3. The van der Waals surface area contributed by atoms with Crippen molar-refractivity contribution in [2.45, 2.75) is 6.18 Å². The molecule has 0 unspecified atom stereocenters. The molecule has 0 fully saturated rings. The molecule has 0 aliphatic heterocycles. The fourth-order valence-electron chi connectivity index (χ4n) is 1.91. The van der Waals surface area contributed by atoms with Crippen LogP contribution in [0.15, 0.2) is 48.5 Å². The summed E-state index contributed by atoms with van der Waals surface area (Å²) in [7, 11) is 0. The molecule has 0 N–H and O–H groups in total. The SMILES string of the molecule is N#C/C(=C\c1cccc(C(F)(F)F)c1)c1ccc([N+](=O)[O-])cc1. The first-order valence-electron chi connectivity index (χ1n) is 6.35. The Morgan fingerprint density at radius 3 is 2.35 bits per heavy atom. The first-order chi connectivity index (χ1) is 10.8. The molecule has 0 spiro atoms. The summed E-state index contributed by atoms with van der Waals surface area (Å²) in [5, 5.41) is 19.8. The van der Waals surface area contributed by atoms with Gasteiger partial charge in [-0.1, -0.05) is 12.1 Å². The average molecular weight is 318 g/mol. The van der Waals surface area contributed by atoms with Crippen LogP contribution in [0.1, 0.15) is 16.7 Å². The molecule has 0 amide bonds. The van der Waals surface area contributed by atoms with Crippen LogP contribution < -0.4 is 0 Å². The molecule has 0 aromatic heterocycles. The zero-order valence-electron chi connectivity index (χ0n) is 11.5. The summed E-state index contributed by atoms with van der Waals surface area (Å²) >= 11 is 0. The maximum absolute atomic E-state index is 12.7. The summed E-state index contributed by atoms with van der Waals surface area (Å²) in [6.07, 6.45) is -3.17. The Morgan fingerprint density at radius 2 is 1.83 bits per heavy atom. The number of allylic oxidation sites excluding steroid dienone is 1. The molecule has 0 bridgehead atoms. The van der Waals surface area contributed by atoms with Gasteiger partial charge >= 0.3 is 6.18 Å². The molecule has 0 aliphatic rings. The van der Waals surface area contributed by atoms with Crippen molar-refractivity contribution in [2.24, 2.45) is 0 Å². The molecule has 23 heavy (non-hydrogen) atoms. The smallest absolute Gasteiger partial charge is 0.258 e. The van der Waals surface area contributed by atoms with Gasteiger partial charge in [0.25, 0.3) is 5.69 Å². The second-order valence-electron chi connectivity index (χ2n) is 4.60. The van der Waals surface area contributed by atoms with Crippen molar-refractivity contribution in [3.05, 3.63) is 75.3 Å². The number of non-ortho nitro benzene ring substituents is 1. The summed E-state index contributed by atoms with van der Waals surface area (Å²) in [5.74, 6) is 0. The Morgan fingerprint density at radius 1 is 1.17 bits per heavy atom. The zero-order valence-corrected chi connectivity index (χ0v) is 11.5. The van der Waals surface area contributed by atoms with Crippen LogP contribution in [0, 0.1) is 21.4 Å². The van der Waals surface area contributed by atoms with E-state index in [-0.39, 0.29) is 16.8 Å². The van der Waals surface area contributed by atoms with Gasteiger partial charge in [0.1, 0.15) is 0 Å². The molecule has 2 rings (SSSR count). The summed E-state index contributed by atoms with van der Waals surface area (Å²) in [6, 6.07) is 11.7. The maximum Gasteiger partial charge on any atom is 0.416 e. The third-order valence-corrected chi connectivity index (χ3v) is 3.03. The third kappa shape index (κ3) is 3.95. The normalized spacial score (nSPS) is 11.8. The Hall–Kier alpha value is -3.14. The Kier molecular flexibility index (Phi) is 4.46. The van der Waals surface area contributed by atoms with Crippen LogP contribution in [0.2, 0.25) is 0 Å². The number of nitro groups is 1. The average Bonchev–Trinajstić information content (AvgIpc) is 2.52. The van der Waals surface area contributed by atoms with Crippen LogP contribution in [0.4, 0.5) is 18.9 Å². The highest BCUT2D eigenvalue weighted by atomic mass is 19.4. The van der Waals surface area contributed by atoms with Crippen molar-refractivity contribution >= 4 is 17.3 Å². The minimum atomic E-state index is -4.47. The Bertz CT molecular complexity index is 803. The molecule has 0 atom stereocenters. The quantitative estimate of drug-likeness (QED) is 0.357. The second-order valence-corrected chi connectivity index (χ2v) is 4.60. The molecular formula is C16H9F3N2O2. The van der Waals surface area contributed by atoms with E-state index in [0.717, 1.165) is 12.1 Å². The van der Waals surface area contributed by atoms with Crippen LogP contribution in [0.5, 0.6) is 0 Å². The van der Waals surface area contributed by atoms with Gasteiger partial charge in [-0.15, -0.1) is 0 Å². The monoisotopic (exact) mass is 318 g/mol. The molecular weight excluding hydrogens is 309 g/mol. The van der Waals surface area contributed by atoms with Gasteiger partial charge in [0.2, 0.25) is 0 Å². The topological polar surface area (TPSA) is 66.9 Å². The molecule has 0 radical (unpaired) electrons. The number of rotatable bonds is 3. The lowest BCUT2D eigenvalue weighted by Crippen LogP contribution is -2.04. The number of nitriles is 1. The maximum atomic E-state index is 12.7. The van der Waals surface area contributed by atoms with E-state index in [1.807, 2.05) is 6.07 Å². The minimum absolute atomic E-state index is 0.110. The molecule has 0 saturated carbocycles. The van der Waals surface area contributed by atoms with Crippen LogP contribution in [0.25, 0.3) is 11.6 Å². The predicted molar refractivity (Wildman–Crippen MR) is 78.0 cm³/mol. The number of hydrogen-bond acceptors (Lipinski definition) is 3.